The molecule has 0 spiro atoms. The maximum atomic E-state index is 3.00. The molecule has 0 fully saturated rings. The Hall–Kier alpha value is 1.34. The van der Waals surface area contributed by atoms with E-state index in [0.717, 1.165) is 0 Å². The van der Waals surface area contributed by atoms with Gasteiger partial charge in [0, 0.05) is 0 Å². The summed E-state index contributed by atoms with van der Waals surface area (Å²) >= 11 is 1.65. The van der Waals surface area contributed by atoms with Crippen LogP contribution in [0.3, 0.4) is 0 Å². The molecule has 0 rings (SSSR count). The van der Waals surface area contributed by atoms with Gasteiger partial charge < -0.3 is 0 Å². The second kappa shape index (κ2) is 40.3. The third-order valence-electron chi connectivity index (χ3n) is 0. The van der Waals surface area contributed by atoms with Gasteiger partial charge in [-0.2, -0.15) is 0 Å². The summed E-state index contributed by atoms with van der Waals surface area (Å²) in [6.07, 6.45) is 0. The summed E-state index contributed by atoms with van der Waals surface area (Å²) < 4.78 is 1.38. The molecule has 0 amide bonds. The van der Waals surface area contributed by atoms with E-state index >= 15 is 0 Å². The standard InChI is InChI=1S/C2H5.C2H4.2CH3.2Sn.H/c2*1-2;;;;;/h1H2,2H3;1-2H2;2*1H3;;;. The van der Waals surface area contributed by atoms with Crippen LogP contribution in [0.2, 0.25) is 14.3 Å². The molecule has 0 aromatic heterocycles. The third kappa shape index (κ3) is 165. The van der Waals surface area contributed by atoms with Gasteiger partial charge in [0.2, 0.25) is 0 Å². The predicted octanol–water partition coefficient (Wildman–Crippen LogP) is 1.91. The Labute approximate surface area is 77.4 Å². The molecule has 0 N–H and O–H groups in total. The molecular formula is C6H16Sn2. The number of hydrogen-bond donors (Lipinski definition) is 0. The van der Waals surface area contributed by atoms with Crippen LogP contribution < -0.4 is 0 Å². The number of rotatable bonds is 0. The third-order valence-corrected chi connectivity index (χ3v) is 0. The molecule has 0 nitrogen and oxygen atoms in total. The van der Waals surface area contributed by atoms with Crippen molar-refractivity contribution in [3.05, 3.63) is 13.2 Å². The van der Waals surface area contributed by atoms with Gasteiger partial charge in [-0.05, 0) is 0 Å². The molecule has 0 saturated heterocycles. The van der Waals surface area contributed by atoms with Gasteiger partial charge in [-0.1, -0.05) is 0 Å². The second-order valence-corrected chi connectivity index (χ2v) is 6.09. The molecule has 0 aromatic carbocycles. The normalized spacial score (nSPS) is 5.00. The van der Waals surface area contributed by atoms with Crippen LogP contribution in [-0.4, -0.2) is 43.7 Å². The Balaban J connectivity index is -0.0000000483. The van der Waals surface area contributed by atoms with E-state index in [1.54, 1.807) is 0 Å². The molecular weight excluding hydrogens is 309 g/mol. The molecule has 2 heteroatoms. The Morgan fingerprint density at radius 2 is 1.38 bits per heavy atom. The maximum absolute atomic E-state index is 3.00. The van der Waals surface area contributed by atoms with Crippen LogP contribution in [0.4, 0.5) is 0 Å². The fourth-order valence-corrected chi connectivity index (χ4v) is 0. The van der Waals surface area contributed by atoms with Crippen molar-refractivity contribution in [3.63, 3.8) is 0 Å². The first kappa shape index (κ1) is 16.2. The fraction of sp³-hybridized carbons (Fsp3) is 0.667. The first-order chi connectivity index (χ1) is 3.83. The van der Waals surface area contributed by atoms with Crippen molar-refractivity contribution in [2.45, 2.75) is 21.2 Å². The Morgan fingerprint density at radius 1 is 1.38 bits per heavy atom. The second-order valence-electron chi connectivity index (χ2n) is 0.908. The quantitative estimate of drug-likeness (QED) is 0.471. The van der Waals surface area contributed by atoms with Crippen molar-refractivity contribution in [2.24, 2.45) is 0 Å². The van der Waals surface area contributed by atoms with Crippen LogP contribution >= 0.6 is 0 Å². The zero-order valence-corrected chi connectivity index (χ0v) is 12.3. The van der Waals surface area contributed by atoms with E-state index in [-0.39, 0.29) is 21.1 Å². The Bertz CT molecular complexity index is 14.0. The van der Waals surface area contributed by atoms with Gasteiger partial charge >= 0.3 is 64.9 Å². The molecule has 0 aliphatic carbocycles. The SMILES string of the molecule is C=C.C[CH2][SnH].[CH3][Sn][CH3]. The van der Waals surface area contributed by atoms with Crippen LogP contribution in [-0.2, 0) is 0 Å². The zero-order chi connectivity index (χ0) is 7.41. The predicted molar refractivity (Wildman–Crippen MR) is 46.4 cm³/mol. The summed E-state index contributed by atoms with van der Waals surface area (Å²) in [7, 11) is 0. The molecule has 0 heterocycles. The summed E-state index contributed by atoms with van der Waals surface area (Å²) in [5.41, 5.74) is 0. The van der Waals surface area contributed by atoms with Gasteiger partial charge in [0.25, 0.3) is 0 Å². The van der Waals surface area contributed by atoms with Gasteiger partial charge in [0.1, 0.15) is 0 Å². The zero-order valence-electron chi connectivity index (χ0n) is 6.20. The van der Waals surface area contributed by atoms with Crippen molar-refractivity contribution in [1.82, 2.24) is 0 Å². The molecule has 48 valence electrons. The van der Waals surface area contributed by atoms with Gasteiger partial charge in [-0.25, -0.2) is 0 Å². The van der Waals surface area contributed by atoms with Gasteiger partial charge in [0.15, 0.2) is 0 Å². The Morgan fingerprint density at radius 3 is 1.38 bits per heavy atom. The average molecular weight is 326 g/mol. The van der Waals surface area contributed by atoms with E-state index in [1.165, 1.54) is 27.0 Å². The summed E-state index contributed by atoms with van der Waals surface area (Å²) in [6, 6.07) is 0. The minimum absolute atomic E-state index is 0.230. The minimum atomic E-state index is 0.230. The van der Waals surface area contributed by atoms with Crippen molar-refractivity contribution in [1.29, 1.82) is 0 Å². The molecule has 0 aliphatic heterocycles. The first-order valence-corrected chi connectivity index (χ1v) is 10.7. The van der Waals surface area contributed by atoms with Gasteiger partial charge in [-0.15, -0.1) is 13.2 Å². The summed E-state index contributed by atoms with van der Waals surface area (Å²) in [5.74, 6) is 0. The molecule has 8 heavy (non-hydrogen) atoms. The van der Waals surface area contributed by atoms with E-state index < -0.39 is 0 Å². The molecule has 0 aliphatic rings. The topological polar surface area (TPSA) is 0 Å². The molecule has 4 radical (unpaired) electrons. The van der Waals surface area contributed by atoms with Crippen LogP contribution in [0.25, 0.3) is 0 Å². The van der Waals surface area contributed by atoms with Crippen molar-refractivity contribution >= 4 is 43.7 Å². The van der Waals surface area contributed by atoms with E-state index in [4.69, 9.17) is 0 Å². The molecule has 0 aromatic rings. The van der Waals surface area contributed by atoms with Crippen LogP contribution in [0, 0.1) is 0 Å². The van der Waals surface area contributed by atoms with Crippen molar-refractivity contribution < 1.29 is 0 Å². The number of hydrogen-bond acceptors (Lipinski definition) is 0. The van der Waals surface area contributed by atoms with E-state index in [1.807, 2.05) is 0 Å². The fourth-order valence-electron chi connectivity index (χ4n) is 0. The molecule has 0 atom stereocenters. The Kier molecular flexibility index (Phi) is 81.4. The van der Waals surface area contributed by atoms with Crippen molar-refractivity contribution in [2.75, 3.05) is 0 Å². The molecule has 0 saturated carbocycles. The van der Waals surface area contributed by atoms with Crippen molar-refractivity contribution in [3.8, 4) is 0 Å². The van der Waals surface area contributed by atoms with E-state index in [9.17, 15) is 0 Å². The van der Waals surface area contributed by atoms with Gasteiger partial charge in [0.05, 0.1) is 0 Å². The summed E-state index contributed by atoms with van der Waals surface area (Å²) in [4.78, 5) is 4.59. The first-order valence-electron chi connectivity index (χ1n) is 2.62. The van der Waals surface area contributed by atoms with E-state index in [0.29, 0.717) is 0 Å². The summed E-state index contributed by atoms with van der Waals surface area (Å²) in [6.45, 7) is 8.18. The van der Waals surface area contributed by atoms with E-state index in [2.05, 4.69) is 30.0 Å². The average Bonchev–Trinajstić information content (AvgIpc) is 1.75. The van der Waals surface area contributed by atoms with Crippen LogP contribution in [0.5, 0.6) is 0 Å². The van der Waals surface area contributed by atoms with Gasteiger partial charge in [-0.3, -0.25) is 0 Å². The van der Waals surface area contributed by atoms with Crippen LogP contribution in [0.1, 0.15) is 6.92 Å². The molecule has 0 bridgehead atoms. The monoisotopic (exact) mass is 328 g/mol. The van der Waals surface area contributed by atoms with Crippen LogP contribution in [0.15, 0.2) is 13.2 Å². The molecule has 0 unspecified atom stereocenters. The summed E-state index contributed by atoms with van der Waals surface area (Å²) in [5, 5.41) is 0.